The van der Waals surface area contributed by atoms with Crippen molar-refractivity contribution in [2.24, 2.45) is 5.73 Å². The van der Waals surface area contributed by atoms with Crippen LogP contribution in [0, 0.1) is 12.3 Å². The van der Waals surface area contributed by atoms with E-state index in [9.17, 15) is 0 Å². The molecule has 0 aliphatic heterocycles. The van der Waals surface area contributed by atoms with Crippen molar-refractivity contribution in [2.75, 3.05) is 0 Å². The third-order valence-electron chi connectivity index (χ3n) is 2.54. The Balaban J connectivity index is 2.11. The zero-order valence-electron chi connectivity index (χ0n) is 10.5. The lowest BCUT2D eigenvalue weighted by atomic mass is 10.2. The van der Waals surface area contributed by atoms with E-state index < -0.39 is 0 Å². The van der Waals surface area contributed by atoms with Crippen molar-refractivity contribution in [3.8, 4) is 0 Å². The molecule has 0 aliphatic rings. The normalized spacial score (nSPS) is 10.4. The van der Waals surface area contributed by atoms with Gasteiger partial charge >= 0.3 is 0 Å². The van der Waals surface area contributed by atoms with Crippen molar-refractivity contribution < 1.29 is 0 Å². The number of amidine groups is 1. The molecule has 2 rings (SSSR count). The number of pyridine rings is 1. The molecule has 1 heterocycles. The van der Waals surface area contributed by atoms with Gasteiger partial charge in [-0.25, -0.2) is 4.98 Å². The highest BCUT2D eigenvalue weighted by atomic mass is 35.5. The fraction of sp³-hybridized carbons (Fsp3) is 0.143. The largest absolute Gasteiger partial charge is 0.384 e. The Labute approximate surface area is 121 Å². The lowest BCUT2D eigenvalue weighted by Crippen LogP contribution is -2.11. The van der Waals surface area contributed by atoms with Gasteiger partial charge in [-0.1, -0.05) is 23.7 Å². The number of hydrogen-bond donors (Lipinski definition) is 2. The molecule has 0 radical (unpaired) electrons. The van der Waals surface area contributed by atoms with Crippen molar-refractivity contribution >= 4 is 29.2 Å². The molecule has 0 fully saturated rings. The van der Waals surface area contributed by atoms with E-state index in [1.165, 1.54) is 5.56 Å². The van der Waals surface area contributed by atoms with E-state index in [1.54, 1.807) is 11.8 Å². The molecule has 0 spiro atoms. The SMILES string of the molecule is Cc1cc(C(=N)N)cc(SCc2ccc(Cl)cc2)n1. The van der Waals surface area contributed by atoms with Crippen LogP contribution in [-0.2, 0) is 5.75 Å². The first kappa shape index (κ1) is 13.9. The highest BCUT2D eigenvalue weighted by Gasteiger charge is 2.04. The number of nitrogens with zero attached hydrogens (tertiary/aromatic N) is 1. The van der Waals surface area contributed by atoms with E-state index in [-0.39, 0.29) is 5.84 Å². The number of rotatable bonds is 4. The van der Waals surface area contributed by atoms with E-state index in [2.05, 4.69) is 4.98 Å². The standard InChI is InChI=1S/C14H14ClN3S/c1-9-6-11(14(16)17)7-13(18-9)19-8-10-2-4-12(15)5-3-10/h2-7H,8H2,1H3,(H3,16,17). The molecule has 19 heavy (non-hydrogen) atoms. The van der Waals surface area contributed by atoms with Crippen LogP contribution < -0.4 is 5.73 Å². The number of nitrogens with two attached hydrogens (primary N) is 1. The summed E-state index contributed by atoms with van der Waals surface area (Å²) in [5.41, 5.74) is 8.27. The molecule has 3 N–H and O–H groups in total. The van der Waals surface area contributed by atoms with Crippen LogP contribution in [0.3, 0.4) is 0 Å². The summed E-state index contributed by atoms with van der Waals surface area (Å²) in [7, 11) is 0. The van der Waals surface area contributed by atoms with Crippen molar-refractivity contribution in [1.82, 2.24) is 4.98 Å². The Bertz CT molecular complexity index is 596. The second-order valence-electron chi connectivity index (χ2n) is 4.16. The maximum Gasteiger partial charge on any atom is 0.122 e. The van der Waals surface area contributed by atoms with Gasteiger partial charge in [-0.05, 0) is 36.8 Å². The number of hydrogen-bond acceptors (Lipinski definition) is 3. The average molecular weight is 292 g/mol. The van der Waals surface area contributed by atoms with Gasteiger partial charge in [0.05, 0.1) is 5.03 Å². The third-order valence-corrected chi connectivity index (χ3v) is 3.78. The van der Waals surface area contributed by atoms with Crippen LogP contribution >= 0.6 is 23.4 Å². The first-order chi connectivity index (χ1) is 9.04. The van der Waals surface area contributed by atoms with Crippen LogP contribution in [0.5, 0.6) is 0 Å². The molecule has 0 atom stereocenters. The molecule has 0 unspecified atom stereocenters. The minimum Gasteiger partial charge on any atom is -0.384 e. The van der Waals surface area contributed by atoms with Gasteiger partial charge in [0.15, 0.2) is 0 Å². The fourth-order valence-electron chi connectivity index (χ4n) is 1.61. The topological polar surface area (TPSA) is 62.8 Å². The predicted octanol–water partition coefficient (Wildman–Crippen LogP) is 3.62. The Morgan fingerprint density at radius 2 is 2.00 bits per heavy atom. The Morgan fingerprint density at radius 3 is 2.63 bits per heavy atom. The summed E-state index contributed by atoms with van der Waals surface area (Å²) in [5, 5.41) is 9.09. The van der Waals surface area contributed by atoms with Crippen LogP contribution in [0.4, 0.5) is 0 Å². The summed E-state index contributed by atoms with van der Waals surface area (Å²) in [5.74, 6) is 0.879. The second kappa shape index (κ2) is 6.08. The summed E-state index contributed by atoms with van der Waals surface area (Å²) in [4.78, 5) is 4.43. The molecular formula is C14H14ClN3S. The predicted molar refractivity (Wildman–Crippen MR) is 81.0 cm³/mol. The van der Waals surface area contributed by atoms with Gasteiger partial charge in [0.2, 0.25) is 0 Å². The summed E-state index contributed by atoms with van der Waals surface area (Å²) in [6, 6.07) is 11.4. The molecule has 2 aromatic rings. The van der Waals surface area contributed by atoms with Crippen molar-refractivity contribution in [2.45, 2.75) is 17.7 Å². The Kier molecular flexibility index (Phi) is 4.45. The first-order valence-electron chi connectivity index (χ1n) is 5.75. The van der Waals surface area contributed by atoms with Crippen LogP contribution in [0.25, 0.3) is 0 Å². The van der Waals surface area contributed by atoms with E-state index in [0.717, 1.165) is 21.5 Å². The molecule has 0 aliphatic carbocycles. The summed E-state index contributed by atoms with van der Waals surface area (Å²) < 4.78 is 0. The molecule has 98 valence electrons. The van der Waals surface area contributed by atoms with E-state index in [4.69, 9.17) is 22.7 Å². The van der Waals surface area contributed by atoms with Gasteiger partial charge in [0.1, 0.15) is 5.84 Å². The zero-order chi connectivity index (χ0) is 13.8. The number of aromatic nitrogens is 1. The number of thioether (sulfide) groups is 1. The van der Waals surface area contributed by atoms with Crippen LogP contribution in [-0.4, -0.2) is 10.8 Å². The fourth-order valence-corrected chi connectivity index (χ4v) is 2.66. The summed E-state index contributed by atoms with van der Waals surface area (Å²) >= 11 is 7.47. The van der Waals surface area contributed by atoms with Crippen LogP contribution in [0.1, 0.15) is 16.8 Å². The van der Waals surface area contributed by atoms with Crippen molar-refractivity contribution in [3.05, 3.63) is 58.2 Å². The molecule has 1 aromatic carbocycles. The van der Waals surface area contributed by atoms with Crippen LogP contribution in [0.2, 0.25) is 5.02 Å². The smallest absolute Gasteiger partial charge is 0.122 e. The van der Waals surface area contributed by atoms with Crippen LogP contribution in [0.15, 0.2) is 41.4 Å². The molecular weight excluding hydrogens is 278 g/mol. The number of nitrogens with one attached hydrogen (secondary N) is 1. The van der Waals surface area contributed by atoms with E-state index >= 15 is 0 Å². The molecule has 3 nitrogen and oxygen atoms in total. The van der Waals surface area contributed by atoms with Gasteiger partial charge in [-0.3, -0.25) is 5.41 Å². The van der Waals surface area contributed by atoms with E-state index in [1.807, 2.05) is 43.3 Å². The third kappa shape index (κ3) is 3.98. The zero-order valence-corrected chi connectivity index (χ0v) is 12.1. The summed E-state index contributed by atoms with van der Waals surface area (Å²) in [6.07, 6.45) is 0. The Hall–Kier alpha value is -1.52. The van der Waals surface area contributed by atoms with Gasteiger partial charge < -0.3 is 5.73 Å². The monoisotopic (exact) mass is 291 g/mol. The molecule has 0 bridgehead atoms. The minimum absolute atomic E-state index is 0.0684. The lowest BCUT2D eigenvalue weighted by Gasteiger charge is -2.06. The second-order valence-corrected chi connectivity index (χ2v) is 5.60. The molecule has 0 amide bonds. The highest BCUT2D eigenvalue weighted by Crippen LogP contribution is 2.23. The first-order valence-corrected chi connectivity index (χ1v) is 7.11. The van der Waals surface area contributed by atoms with Gasteiger partial charge in [-0.15, -0.1) is 11.8 Å². The number of benzene rings is 1. The van der Waals surface area contributed by atoms with Gasteiger partial charge in [0.25, 0.3) is 0 Å². The maximum atomic E-state index is 7.47. The number of aryl methyl sites for hydroxylation is 1. The Morgan fingerprint density at radius 1 is 1.32 bits per heavy atom. The molecule has 5 heteroatoms. The highest BCUT2D eigenvalue weighted by molar-refractivity contribution is 7.98. The number of nitrogen functional groups attached to an aromatic ring is 1. The number of halogens is 1. The van der Waals surface area contributed by atoms with Crippen molar-refractivity contribution in [1.29, 1.82) is 5.41 Å². The van der Waals surface area contributed by atoms with E-state index in [0.29, 0.717) is 5.56 Å². The van der Waals surface area contributed by atoms with Crippen molar-refractivity contribution in [3.63, 3.8) is 0 Å². The average Bonchev–Trinajstić information content (AvgIpc) is 2.37. The molecule has 0 saturated carbocycles. The van der Waals surface area contributed by atoms with Gasteiger partial charge in [0, 0.05) is 22.0 Å². The quantitative estimate of drug-likeness (QED) is 0.514. The maximum absolute atomic E-state index is 7.47. The van der Waals surface area contributed by atoms with Gasteiger partial charge in [-0.2, -0.15) is 0 Å². The molecule has 1 aromatic heterocycles. The minimum atomic E-state index is 0.0684. The lowest BCUT2D eigenvalue weighted by molar-refractivity contribution is 1.06. The summed E-state index contributed by atoms with van der Waals surface area (Å²) in [6.45, 7) is 1.90. The molecule has 0 saturated heterocycles.